The average Bonchev–Trinajstić information content (AvgIpc) is 2.33. The molecule has 1 atom stereocenters. The van der Waals surface area contributed by atoms with E-state index in [-0.39, 0.29) is 11.7 Å². The van der Waals surface area contributed by atoms with E-state index in [1.807, 2.05) is 6.92 Å². The molecule has 122 valence electrons. The molecule has 0 radical (unpaired) electrons. The van der Waals surface area contributed by atoms with Gasteiger partial charge >= 0.3 is 0 Å². The maximum absolute atomic E-state index is 9.49. The van der Waals surface area contributed by atoms with Crippen LogP contribution in [0.1, 0.15) is 73.1 Å². The molecule has 0 aliphatic heterocycles. The van der Waals surface area contributed by atoms with Crippen LogP contribution in [-0.4, -0.2) is 33.6 Å². The largest absolute Gasteiger partial charge is 0.396 e. The minimum atomic E-state index is -0.278. The second-order valence-electron chi connectivity index (χ2n) is 7.10. The van der Waals surface area contributed by atoms with Crippen LogP contribution in [0.3, 0.4) is 0 Å². The van der Waals surface area contributed by atoms with E-state index in [1.54, 1.807) is 0 Å². The Kier molecular flexibility index (Phi) is 9.69. The number of rotatable bonds is 3. The highest BCUT2D eigenvalue weighted by atomic mass is 16.3. The van der Waals surface area contributed by atoms with Gasteiger partial charge in [-0.15, -0.1) is 0 Å². The van der Waals surface area contributed by atoms with Crippen LogP contribution in [-0.2, 0) is 0 Å². The summed E-state index contributed by atoms with van der Waals surface area (Å²) < 4.78 is 0. The lowest BCUT2D eigenvalue weighted by molar-refractivity contribution is -0.0719. The highest BCUT2D eigenvalue weighted by molar-refractivity contribution is 4.89. The summed E-state index contributed by atoms with van der Waals surface area (Å²) in [5.41, 5.74) is -0.278. The summed E-state index contributed by atoms with van der Waals surface area (Å²) in [5, 5.41) is 26.4. The molecule has 2 fully saturated rings. The quantitative estimate of drug-likeness (QED) is 0.746. The zero-order chi connectivity index (χ0) is 15.8. The fraction of sp³-hybridized carbons (Fsp3) is 1.00. The second-order valence-corrected chi connectivity index (χ2v) is 7.10. The van der Waals surface area contributed by atoms with Gasteiger partial charge in [-0.25, -0.2) is 0 Å². The van der Waals surface area contributed by atoms with Crippen molar-refractivity contribution in [3.8, 4) is 0 Å². The van der Waals surface area contributed by atoms with Gasteiger partial charge in [-0.2, -0.15) is 0 Å². The van der Waals surface area contributed by atoms with Gasteiger partial charge in [0.25, 0.3) is 0 Å². The molecule has 0 aromatic carbocycles. The van der Waals surface area contributed by atoms with Crippen LogP contribution in [0.4, 0.5) is 0 Å². The van der Waals surface area contributed by atoms with E-state index < -0.39 is 0 Å². The summed E-state index contributed by atoms with van der Waals surface area (Å²) in [6.07, 6.45) is 6.64. The van der Waals surface area contributed by atoms with E-state index in [0.29, 0.717) is 24.4 Å². The first kappa shape index (κ1) is 19.9. The number of aliphatic hydroxyl groups excluding tert-OH is 2. The lowest BCUT2D eigenvalue weighted by Crippen LogP contribution is -2.41. The van der Waals surface area contributed by atoms with Crippen LogP contribution in [0.15, 0.2) is 0 Å². The molecule has 0 aromatic heterocycles. The van der Waals surface area contributed by atoms with Gasteiger partial charge in [-0.05, 0) is 56.3 Å². The highest BCUT2D eigenvalue weighted by Gasteiger charge is 2.36. The monoisotopic (exact) mass is 288 g/mol. The Morgan fingerprint density at radius 2 is 1.45 bits per heavy atom. The predicted molar refractivity (Wildman–Crippen MR) is 84.6 cm³/mol. The molecule has 2 aliphatic rings. The van der Waals surface area contributed by atoms with Crippen molar-refractivity contribution in [3.05, 3.63) is 0 Å². The molecule has 0 amide bonds. The lowest BCUT2D eigenvalue weighted by Gasteiger charge is -2.40. The smallest absolute Gasteiger partial charge is 0.0670 e. The Hall–Kier alpha value is -0.120. The molecule has 2 rings (SSSR count). The third-order valence-electron chi connectivity index (χ3n) is 4.79. The summed E-state index contributed by atoms with van der Waals surface area (Å²) in [4.78, 5) is 0. The van der Waals surface area contributed by atoms with E-state index >= 15 is 0 Å². The first-order chi connectivity index (χ1) is 9.23. The fourth-order valence-electron chi connectivity index (χ4n) is 1.71. The van der Waals surface area contributed by atoms with Gasteiger partial charge in [0, 0.05) is 6.61 Å². The molecule has 0 spiro atoms. The molecule has 0 heterocycles. The van der Waals surface area contributed by atoms with E-state index in [2.05, 4.69) is 27.7 Å². The van der Waals surface area contributed by atoms with Gasteiger partial charge in [0.2, 0.25) is 0 Å². The molecule has 1 unspecified atom stereocenters. The maximum Gasteiger partial charge on any atom is 0.0670 e. The highest BCUT2D eigenvalue weighted by Crippen LogP contribution is 2.37. The molecule has 0 aromatic rings. The fourth-order valence-corrected chi connectivity index (χ4v) is 1.71. The van der Waals surface area contributed by atoms with Crippen LogP contribution in [0.5, 0.6) is 0 Å². The van der Waals surface area contributed by atoms with Gasteiger partial charge in [-0.3, -0.25) is 0 Å². The van der Waals surface area contributed by atoms with E-state index in [0.717, 1.165) is 25.7 Å². The van der Waals surface area contributed by atoms with Crippen LogP contribution in [0.25, 0.3) is 0 Å². The SMILES string of the molecule is CC(C)C(C)CO.CC(C)C1(O)CCC1.OC1CCC1. The van der Waals surface area contributed by atoms with Crippen molar-refractivity contribution >= 4 is 0 Å². The lowest BCUT2D eigenvalue weighted by atomic mass is 9.73. The van der Waals surface area contributed by atoms with Crippen LogP contribution in [0.2, 0.25) is 0 Å². The van der Waals surface area contributed by atoms with Gasteiger partial charge in [0.15, 0.2) is 0 Å². The normalized spacial score (nSPS) is 21.9. The molecule has 20 heavy (non-hydrogen) atoms. The van der Waals surface area contributed by atoms with Crippen molar-refractivity contribution in [2.75, 3.05) is 6.61 Å². The first-order valence-electron chi connectivity index (χ1n) is 8.24. The summed E-state index contributed by atoms with van der Waals surface area (Å²) in [7, 11) is 0. The average molecular weight is 288 g/mol. The Bertz CT molecular complexity index is 230. The Balaban J connectivity index is 0.000000278. The second kappa shape index (κ2) is 9.75. The van der Waals surface area contributed by atoms with Gasteiger partial charge in [-0.1, -0.05) is 34.6 Å². The van der Waals surface area contributed by atoms with E-state index in [1.165, 1.54) is 12.8 Å². The van der Waals surface area contributed by atoms with Crippen molar-refractivity contribution < 1.29 is 15.3 Å². The molecule has 0 saturated heterocycles. The van der Waals surface area contributed by atoms with Crippen LogP contribution < -0.4 is 0 Å². The van der Waals surface area contributed by atoms with Crippen LogP contribution in [0, 0.1) is 17.8 Å². The van der Waals surface area contributed by atoms with Crippen LogP contribution >= 0.6 is 0 Å². The summed E-state index contributed by atoms with van der Waals surface area (Å²) in [6.45, 7) is 10.8. The van der Waals surface area contributed by atoms with E-state index in [4.69, 9.17) is 10.2 Å². The Morgan fingerprint density at radius 3 is 1.45 bits per heavy atom. The van der Waals surface area contributed by atoms with Crippen molar-refractivity contribution in [1.29, 1.82) is 0 Å². The zero-order valence-corrected chi connectivity index (χ0v) is 14.1. The van der Waals surface area contributed by atoms with Gasteiger partial charge in [0.05, 0.1) is 11.7 Å². The maximum atomic E-state index is 9.49. The zero-order valence-electron chi connectivity index (χ0n) is 14.1. The molecular formula is C17H36O3. The molecule has 3 N–H and O–H groups in total. The number of hydrogen-bond acceptors (Lipinski definition) is 3. The van der Waals surface area contributed by atoms with Crippen molar-refractivity contribution in [1.82, 2.24) is 0 Å². The predicted octanol–water partition coefficient (Wildman–Crippen LogP) is 3.36. The Morgan fingerprint density at radius 1 is 1.00 bits per heavy atom. The first-order valence-corrected chi connectivity index (χ1v) is 8.24. The number of hydrogen-bond donors (Lipinski definition) is 3. The van der Waals surface area contributed by atoms with Crippen molar-refractivity contribution in [2.24, 2.45) is 17.8 Å². The standard InChI is InChI=1S/C7H14O.C6H14O.C4H8O/c1-6(2)7(8)4-3-5-7;1-5(2)6(3)4-7;5-4-2-1-3-4/h6,8H,3-5H2,1-2H3;5-7H,4H2,1-3H3;4-5H,1-3H2. The third-order valence-corrected chi connectivity index (χ3v) is 4.79. The van der Waals surface area contributed by atoms with Crippen molar-refractivity contribution in [3.63, 3.8) is 0 Å². The summed E-state index contributed by atoms with van der Waals surface area (Å²) >= 11 is 0. The molecular weight excluding hydrogens is 252 g/mol. The molecule has 2 saturated carbocycles. The molecule has 2 aliphatic carbocycles. The molecule has 3 heteroatoms. The topological polar surface area (TPSA) is 60.7 Å². The minimum absolute atomic E-state index is 0.0648. The molecule has 3 nitrogen and oxygen atoms in total. The number of aliphatic hydroxyl groups is 3. The third kappa shape index (κ3) is 7.61. The minimum Gasteiger partial charge on any atom is -0.396 e. The van der Waals surface area contributed by atoms with E-state index in [9.17, 15) is 5.11 Å². The molecule has 0 bridgehead atoms. The van der Waals surface area contributed by atoms with Gasteiger partial charge < -0.3 is 15.3 Å². The van der Waals surface area contributed by atoms with Gasteiger partial charge in [0.1, 0.15) is 0 Å². The summed E-state index contributed by atoms with van der Waals surface area (Å²) in [5.74, 6) is 1.53. The Labute approximate surface area is 125 Å². The summed E-state index contributed by atoms with van der Waals surface area (Å²) in [6, 6.07) is 0. The van der Waals surface area contributed by atoms with Crippen molar-refractivity contribution in [2.45, 2.75) is 84.8 Å².